The van der Waals surface area contributed by atoms with Gasteiger partial charge in [-0.1, -0.05) is 39.8 Å². The minimum atomic E-state index is -3.38. The van der Waals surface area contributed by atoms with Crippen LogP contribution in [0.5, 0.6) is 5.75 Å². The van der Waals surface area contributed by atoms with Gasteiger partial charge in [-0.05, 0) is 117 Å². The molecule has 1 saturated carbocycles. The van der Waals surface area contributed by atoms with Gasteiger partial charge in [-0.2, -0.15) is 0 Å². The number of pyridine rings is 1. The van der Waals surface area contributed by atoms with Crippen molar-refractivity contribution in [3.63, 3.8) is 0 Å². The van der Waals surface area contributed by atoms with Crippen LogP contribution in [-0.2, 0) is 57.9 Å². The number of phenols is 1. The number of hydrogen-bond acceptors (Lipinski definition) is 12. The minimum Gasteiger partial charge on any atom is -0.508 e. The molecule has 0 unspecified atom stereocenters. The molecule has 68 heavy (non-hydrogen) atoms. The molecule has 5 atom stereocenters. The number of nitrogens with zero attached hydrogens (tertiary/aromatic N) is 4. The first kappa shape index (κ1) is 47.7. The predicted molar refractivity (Wildman–Crippen MR) is 256 cm³/mol. The van der Waals surface area contributed by atoms with E-state index in [0.29, 0.717) is 49.9 Å². The van der Waals surface area contributed by atoms with E-state index in [1.165, 1.54) is 5.01 Å². The zero-order valence-electron chi connectivity index (χ0n) is 40.1. The monoisotopic (exact) mass is 951 g/mol. The summed E-state index contributed by atoms with van der Waals surface area (Å²) in [7, 11) is -1.72. The van der Waals surface area contributed by atoms with Crippen molar-refractivity contribution in [1.82, 2.24) is 35.5 Å². The molecule has 4 fully saturated rings. The molecular weight excluding hydrogens is 887 g/mol. The molecule has 3 saturated heterocycles. The Morgan fingerprint density at radius 1 is 1.06 bits per heavy atom. The first-order chi connectivity index (χ1) is 32.3. The molecule has 1 aliphatic carbocycles. The number of benzene rings is 2. The number of ether oxygens (including phenoxy) is 2. The Morgan fingerprint density at radius 2 is 1.82 bits per heavy atom. The molecule has 2 aromatic carbocycles. The van der Waals surface area contributed by atoms with Crippen molar-refractivity contribution < 1.29 is 42.2 Å². The third-order valence-corrected chi connectivity index (χ3v) is 17.3. The maximum atomic E-state index is 14.8. The molecule has 17 heteroatoms. The molecule has 4 aliphatic heterocycles. The van der Waals surface area contributed by atoms with E-state index in [9.17, 15) is 32.7 Å². The van der Waals surface area contributed by atoms with Crippen LogP contribution in [0.3, 0.4) is 0 Å². The van der Waals surface area contributed by atoms with Crippen LogP contribution in [0, 0.1) is 16.7 Å². The number of fused-ring (bicyclic) bond motifs is 6. The largest absolute Gasteiger partial charge is 0.508 e. The van der Waals surface area contributed by atoms with Crippen molar-refractivity contribution in [3.8, 4) is 28.1 Å². The van der Waals surface area contributed by atoms with Crippen LogP contribution in [0.15, 0.2) is 54.7 Å². The average molecular weight is 952 g/mol. The summed E-state index contributed by atoms with van der Waals surface area (Å²) in [5, 5.41) is 18.5. The Kier molecular flexibility index (Phi) is 12.8. The van der Waals surface area contributed by atoms with Crippen LogP contribution in [0.2, 0.25) is 0 Å². The first-order valence-electron chi connectivity index (χ1n) is 24.1. The number of hydrogen-bond donors (Lipinski definition) is 4. The normalized spacial score (nSPS) is 26.1. The topological polar surface area (TPSA) is 211 Å². The molecule has 364 valence electrons. The molecule has 16 nitrogen and oxygen atoms in total. The fraction of sp³-hybridized carbons (Fsp3) is 0.549. The van der Waals surface area contributed by atoms with Gasteiger partial charge in [0.2, 0.25) is 11.8 Å². The quantitative estimate of drug-likeness (QED) is 0.119. The van der Waals surface area contributed by atoms with E-state index >= 15 is 0 Å². The third-order valence-electron chi connectivity index (χ3n) is 14.9. The second-order valence-electron chi connectivity index (χ2n) is 20.8. The van der Waals surface area contributed by atoms with Gasteiger partial charge in [0.15, 0.2) is 9.84 Å². The Labute approximate surface area is 398 Å². The lowest BCUT2D eigenvalue weighted by Gasteiger charge is -2.43. The molecule has 0 radical (unpaired) electrons. The molecule has 6 heterocycles. The first-order valence-corrected chi connectivity index (χ1v) is 25.7. The maximum absolute atomic E-state index is 14.8. The smallest absolute Gasteiger partial charge is 0.324 e. The van der Waals surface area contributed by atoms with Crippen molar-refractivity contribution in [3.05, 3.63) is 71.5 Å². The van der Waals surface area contributed by atoms with Crippen LogP contribution >= 0.6 is 0 Å². The molecule has 5 aliphatic rings. The predicted octanol–water partition coefficient (Wildman–Crippen LogP) is 5.20. The van der Waals surface area contributed by atoms with Gasteiger partial charge in [-0.15, -0.1) is 0 Å². The van der Waals surface area contributed by atoms with Gasteiger partial charge in [-0.3, -0.25) is 34.5 Å². The number of rotatable bonds is 10. The highest BCUT2D eigenvalue weighted by molar-refractivity contribution is 7.93. The van der Waals surface area contributed by atoms with Gasteiger partial charge in [0.25, 0.3) is 5.91 Å². The Balaban J connectivity index is 1.09. The highest BCUT2D eigenvalue weighted by Crippen LogP contribution is 2.53. The van der Waals surface area contributed by atoms with Crippen molar-refractivity contribution in [1.29, 1.82) is 0 Å². The minimum absolute atomic E-state index is 0.0172. The fourth-order valence-corrected chi connectivity index (χ4v) is 13.3. The molecule has 4 N–H and O–H groups in total. The molecule has 6 bridgehead atoms. The summed E-state index contributed by atoms with van der Waals surface area (Å²) in [6.45, 7) is 13.7. The van der Waals surface area contributed by atoms with E-state index in [1.54, 1.807) is 30.3 Å². The number of carbonyl (C=O) groups excluding carboxylic acids is 4. The summed E-state index contributed by atoms with van der Waals surface area (Å²) in [6.07, 6.45) is 3.85. The van der Waals surface area contributed by atoms with Gasteiger partial charge in [-0.25, -0.2) is 13.8 Å². The van der Waals surface area contributed by atoms with Crippen LogP contribution in [0.4, 0.5) is 0 Å². The van der Waals surface area contributed by atoms with E-state index < -0.39 is 67.2 Å². The van der Waals surface area contributed by atoms with E-state index in [1.807, 2.05) is 39.0 Å². The molecule has 3 amide bonds. The molecule has 1 spiro atoms. The number of phenolic OH excluding ortho intramolecular Hbond substituents is 1. The Morgan fingerprint density at radius 3 is 2.53 bits per heavy atom. The number of likely N-dealkylation sites (tertiary alicyclic amines) is 1. The summed E-state index contributed by atoms with van der Waals surface area (Å²) in [4.78, 5) is 64.0. The highest BCUT2D eigenvalue weighted by atomic mass is 32.2. The Hall–Kier alpha value is -5.36. The van der Waals surface area contributed by atoms with Crippen LogP contribution in [0.25, 0.3) is 33.3 Å². The molecule has 4 aromatic rings. The van der Waals surface area contributed by atoms with Gasteiger partial charge in [0, 0.05) is 67.8 Å². The number of esters is 1. The van der Waals surface area contributed by atoms with Crippen molar-refractivity contribution in [2.45, 2.75) is 128 Å². The number of methoxy groups -OCH3 is 1. The summed E-state index contributed by atoms with van der Waals surface area (Å²) in [5.41, 5.74) is 8.66. The lowest BCUT2D eigenvalue weighted by atomic mass is 9.67. The van der Waals surface area contributed by atoms with E-state index in [-0.39, 0.29) is 62.6 Å². The van der Waals surface area contributed by atoms with Crippen LogP contribution < -0.4 is 16.1 Å². The zero-order chi connectivity index (χ0) is 48.4. The number of nitrogens with one attached hydrogen (secondary N) is 3. The molecule has 2 aromatic heterocycles. The second-order valence-corrected chi connectivity index (χ2v) is 23.2. The number of amides is 3. The second kappa shape index (κ2) is 18.2. The lowest BCUT2D eigenvalue weighted by molar-refractivity contribution is -0.155. The number of aromatic hydroxyl groups is 1. The number of cyclic esters (lactones) is 1. The number of sulfone groups is 1. The standard InChI is InChI=1S/C51H65N7O9S/c1-8-56-41-14-13-32-23-37(41)38(45(56)36-11-9-16-52-43(36)30(4)66-7)26-50(5,6)28-67-48(62)39-12-10-17-58(55-39)47(61)40(21-31-19-33(32)22-34(59)20-31)54-46(60)44(29(2)3)57-18-15-51(49(57)63)24-35(25-51)68(64,65)42-27-53-42/h9,11,13-14,16,19-20,22-23,29-30,35,39-40,42,44,53,55,59H,8,10,12,15,17-18,21,24-28H2,1-7H3,(H,54,60)/t30-,35?,39-,40-,42+,44-,51?/m0/s1. The van der Waals surface area contributed by atoms with Crippen molar-refractivity contribution in [2.24, 2.45) is 16.7 Å². The van der Waals surface area contributed by atoms with E-state index in [0.717, 1.165) is 39.0 Å². The van der Waals surface area contributed by atoms with Crippen molar-refractivity contribution >= 4 is 44.4 Å². The highest BCUT2D eigenvalue weighted by Gasteiger charge is 2.61. The maximum Gasteiger partial charge on any atom is 0.324 e. The summed E-state index contributed by atoms with van der Waals surface area (Å²) < 4.78 is 40.2. The number of aryl methyl sites for hydroxylation is 1. The third kappa shape index (κ3) is 8.79. The van der Waals surface area contributed by atoms with Crippen molar-refractivity contribution in [2.75, 3.05) is 33.4 Å². The Bertz CT molecular complexity index is 2760. The number of hydrazine groups is 1. The van der Waals surface area contributed by atoms with Crippen LogP contribution in [0.1, 0.15) is 96.6 Å². The van der Waals surface area contributed by atoms with Gasteiger partial charge in [0.05, 0.1) is 34.8 Å². The molecular formula is C51H65N7O9S. The fourth-order valence-electron chi connectivity index (χ4n) is 11.2. The van der Waals surface area contributed by atoms with E-state index in [2.05, 4.69) is 59.6 Å². The van der Waals surface area contributed by atoms with Crippen LogP contribution in [-0.4, -0.2) is 119 Å². The molecule has 9 rings (SSSR count). The number of aromatic nitrogens is 2. The van der Waals surface area contributed by atoms with Gasteiger partial charge >= 0.3 is 5.97 Å². The van der Waals surface area contributed by atoms with Gasteiger partial charge in [0.1, 0.15) is 29.2 Å². The SMILES string of the molecule is CCn1c(-c2cccnc2[C@H](C)OC)c2c3cc(ccc31)-c1cc(O)cc(c1)C[C@H](NC(=O)[C@H](C(C)C)N1CCC3(CC(S(=O)(=O)[C@@H]4CN4)C3)C1=O)C(=O)N1CCC[C@H](N1)C(=O)OCC(C)(C)C2. The lowest BCUT2D eigenvalue weighted by Crippen LogP contribution is -2.62. The summed E-state index contributed by atoms with van der Waals surface area (Å²) >= 11 is 0. The zero-order valence-corrected chi connectivity index (χ0v) is 40.9. The number of carbonyl (C=O) groups is 4. The van der Waals surface area contributed by atoms with Gasteiger partial charge < -0.3 is 29.4 Å². The summed E-state index contributed by atoms with van der Waals surface area (Å²) in [6, 6.07) is 12.5. The average Bonchev–Trinajstić information content (AvgIpc) is 4.06. The summed E-state index contributed by atoms with van der Waals surface area (Å²) in [5.74, 6) is -2.08. The van der Waals surface area contributed by atoms with E-state index in [4.69, 9.17) is 14.5 Å².